The largest absolute Gasteiger partial charge is 0.472 e. The minimum Gasteiger partial charge on any atom is -0.462 e. The van der Waals surface area contributed by atoms with Crippen LogP contribution >= 0.6 is 15.6 Å². The second-order valence-electron chi connectivity index (χ2n) is 25.6. The molecule has 6 atom stereocenters. The Morgan fingerprint density at radius 1 is 0.330 bits per heavy atom. The van der Waals surface area contributed by atoms with Gasteiger partial charge < -0.3 is 33.8 Å². The van der Waals surface area contributed by atoms with Gasteiger partial charge in [0.15, 0.2) is 12.2 Å². The van der Waals surface area contributed by atoms with Gasteiger partial charge >= 0.3 is 39.5 Å². The first-order valence-electron chi connectivity index (χ1n) is 36.0. The first kappa shape index (κ1) is 86.1. The van der Waals surface area contributed by atoms with E-state index in [-0.39, 0.29) is 25.7 Å². The fourth-order valence-electron chi connectivity index (χ4n) is 10.4. The van der Waals surface area contributed by atoms with E-state index in [1.54, 1.807) is 0 Å². The molecule has 17 nitrogen and oxygen atoms in total. The van der Waals surface area contributed by atoms with Crippen molar-refractivity contribution >= 4 is 39.5 Å². The number of carbonyl (C=O) groups excluding carboxylic acids is 4. The molecule has 0 aromatic heterocycles. The minimum atomic E-state index is -4.95. The highest BCUT2D eigenvalue weighted by molar-refractivity contribution is 7.47. The quantitative estimate of drug-likeness (QED) is 0.0222. The van der Waals surface area contributed by atoms with E-state index in [1.165, 1.54) is 161 Å². The van der Waals surface area contributed by atoms with Gasteiger partial charge in [0, 0.05) is 25.7 Å². The molecule has 0 aromatic rings. The summed E-state index contributed by atoms with van der Waals surface area (Å²) < 4.78 is 68.2. The van der Waals surface area contributed by atoms with Crippen molar-refractivity contribution < 1.29 is 80.2 Å². The van der Waals surface area contributed by atoms with Gasteiger partial charge in [0.1, 0.15) is 19.3 Å². The molecule has 3 N–H and O–H groups in total. The van der Waals surface area contributed by atoms with Crippen LogP contribution in [-0.4, -0.2) is 96.7 Å². The Morgan fingerprint density at radius 3 is 0.864 bits per heavy atom. The molecule has 0 aliphatic heterocycles. The SMILES string of the molecule is CCCCCCCCCCCCCCCCCC(=O)O[C@H](COC(=O)CCCCCCCCCCCCCCC)COP(=O)(O)OC[C@@H](O)COP(=O)(O)OC[C@@H](COC(=O)CCCCCCCCC(C)CC)OC(=O)CCCCCCCCCC(C)C. The van der Waals surface area contributed by atoms with Gasteiger partial charge in [-0.3, -0.25) is 37.3 Å². The molecule has 0 heterocycles. The summed E-state index contributed by atoms with van der Waals surface area (Å²) in [7, 11) is -9.90. The summed E-state index contributed by atoms with van der Waals surface area (Å²) in [5.41, 5.74) is 0. The number of rotatable bonds is 68. The number of hydrogen-bond acceptors (Lipinski definition) is 15. The van der Waals surface area contributed by atoms with Gasteiger partial charge in [-0.1, -0.05) is 298 Å². The van der Waals surface area contributed by atoms with Gasteiger partial charge in [0.2, 0.25) is 0 Å². The van der Waals surface area contributed by atoms with Crippen molar-refractivity contribution in [1.29, 1.82) is 0 Å². The Kier molecular flexibility index (Phi) is 59.9. The van der Waals surface area contributed by atoms with Crippen molar-refractivity contribution in [3.05, 3.63) is 0 Å². The van der Waals surface area contributed by atoms with Gasteiger partial charge in [0.25, 0.3) is 0 Å². The van der Waals surface area contributed by atoms with E-state index in [9.17, 15) is 43.2 Å². The average molecular weight is 1300 g/mol. The number of unbranched alkanes of at least 4 members (excludes halogenated alkanes) is 37. The number of hydrogen-bond donors (Lipinski definition) is 3. The van der Waals surface area contributed by atoms with E-state index in [0.29, 0.717) is 31.6 Å². The highest BCUT2D eigenvalue weighted by Crippen LogP contribution is 2.45. The summed E-state index contributed by atoms with van der Waals surface area (Å²) in [5.74, 6) is -0.701. The van der Waals surface area contributed by atoms with E-state index < -0.39 is 97.5 Å². The molecule has 0 aromatic carbocycles. The predicted octanol–water partition coefficient (Wildman–Crippen LogP) is 19.6. The number of phosphoric acid groups is 2. The van der Waals surface area contributed by atoms with Crippen LogP contribution < -0.4 is 0 Å². The van der Waals surface area contributed by atoms with Crippen LogP contribution in [-0.2, 0) is 65.4 Å². The third-order valence-electron chi connectivity index (χ3n) is 16.3. The van der Waals surface area contributed by atoms with Crippen molar-refractivity contribution in [3.63, 3.8) is 0 Å². The number of aliphatic hydroxyl groups is 1. The summed E-state index contributed by atoms with van der Waals surface area (Å²) in [4.78, 5) is 72.5. The van der Waals surface area contributed by atoms with Gasteiger partial charge in [-0.25, -0.2) is 9.13 Å². The molecule has 0 saturated carbocycles. The first-order chi connectivity index (χ1) is 42.4. The van der Waals surface area contributed by atoms with Crippen molar-refractivity contribution in [2.45, 2.75) is 368 Å². The molecule has 0 fully saturated rings. The highest BCUT2D eigenvalue weighted by atomic mass is 31.2. The molecule has 0 saturated heterocycles. The molecule has 3 unspecified atom stereocenters. The van der Waals surface area contributed by atoms with Crippen LogP contribution in [0.3, 0.4) is 0 Å². The molecule has 0 rings (SSSR count). The van der Waals surface area contributed by atoms with Crippen LogP contribution in [0.5, 0.6) is 0 Å². The third-order valence-corrected chi connectivity index (χ3v) is 18.2. The Balaban J connectivity index is 5.25. The number of esters is 4. The predicted molar refractivity (Wildman–Crippen MR) is 354 cm³/mol. The van der Waals surface area contributed by atoms with E-state index >= 15 is 0 Å². The maximum atomic E-state index is 13.0. The van der Waals surface area contributed by atoms with Crippen LogP contribution in [0, 0.1) is 11.8 Å². The summed E-state index contributed by atoms with van der Waals surface area (Å²) >= 11 is 0. The molecule has 19 heteroatoms. The van der Waals surface area contributed by atoms with Gasteiger partial charge in [0.05, 0.1) is 26.4 Å². The third kappa shape index (κ3) is 61.6. The van der Waals surface area contributed by atoms with Gasteiger partial charge in [-0.2, -0.15) is 0 Å². The van der Waals surface area contributed by atoms with E-state index in [2.05, 4.69) is 41.5 Å². The van der Waals surface area contributed by atoms with E-state index in [0.717, 1.165) is 102 Å². The summed E-state index contributed by atoms with van der Waals surface area (Å²) in [6.07, 6.45) is 45.9. The maximum Gasteiger partial charge on any atom is 0.472 e. The fourth-order valence-corrected chi connectivity index (χ4v) is 12.0. The van der Waals surface area contributed by atoms with Crippen LogP contribution in [0.1, 0.15) is 350 Å². The molecular weight excluding hydrogens is 1160 g/mol. The van der Waals surface area contributed by atoms with Crippen molar-refractivity contribution in [2.24, 2.45) is 11.8 Å². The van der Waals surface area contributed by atoms with Gasteiger partial charge in [-0.15, -0.1) is 0 Å². The molecule has 0 aliphatic rings. The van der Waals surface area contributed by atoms with Crippen molar-refractivity contribution in [3.8, 4) is 0 Å². The van der Waals surface area contributed by atoms with Crippen molar-refractivity contribution in [1.82, 2.24) is 0 Å². The van der Waals surface area contributed by atoms with Crippen LogP contribution in [0.4, 0.5) is 0 Å². The smallest absolute Gasteiger partial charge is 0.462 e. The standard InChI is InChI=1S/C69H134O17P2/c1-7-10-12-14-16-18-20-22-23-25-27-29-33-41-47-53-68(73)85-64(57-79-66(71)51-45-39-32-28-26-24-21-19-17-15-13-11-8-2)59-83-87(75,76)81-55-63(70)56-82-88(77,78)84-60-65(86-69(74)54-48-42-34-30-31-37-43-49-61(4)5)58-80-67(72)52-46-40-36-35-38-44-50-62(6)9-3/h61-65,70H,7-60H2,1-6H3,(H,75,76)(H,77,78)/t62?,63-,64-,65-/m1/s1. The Hall–Kier alpha value is -1.94. The number of phosphoric ester groups is 2. The fraction of sp³-hybridized carbons (Fsp3) is 0.942. The first-order valence-corrected chi connectivity index (χ1v) is 39.0. The highest BCUT2D eigenvalue weighted by Gasteiger charge is 2.30. The normalized spacial score (nSPS) is 14.5. The zero-order valence-corrected chi connectivity index (χ0v) is 58.8. The van der Waals surface area contributed by atoms with E-state index in [1.807, 2.05) is 0 Å². The topological polar surface area (TPSA) is 237 Å². The van der Waals surface area contributed by atoms with Crippen LogP contribution in [0.2, 0.25) is 0 Å². The Labute approximate surface area is 537 Å². The molecule has 88 heavy (non-hydrogen) atoms. The zero-order chi connectivity index (χ0) is 65.0. The summed E-state index contributed by atoms with van der Waals surface area (Å²) in [5, 5.41) is 10.6. The second kappa shape index (κ2) is 61.3. The van der Waals surface area contributed by atoms with Crippen LogP contribution in [0.15, 0.2) is 0 Å². The monoisotopic (exact) mass is 1300 g/mol. The molecule has 0 spiro atoms. The Morgan fingerprint density at radius 2 is 0.580 bits per heavy atom. The lowest BCUT2D eigenvalue weighted by atomic mass is 10.00. The lowest BCUT2D eigenvalue weighted by Crippen LogP contribution is -2.30. The number of aliphatic hydroxyl groups excluding tert-OH is 1. The lowest BCUT2D eigenvalue weighted by Gasteiger charge is -2.21. The summed E-state index contributed by atoms with van der Waals surface area (Å²) in [6, 6.07) is 0. The zero-order valence-electron chi connectivity index (χ0n) is 57.0. The Bertz CT molecular complexity index is 1720. The molecule has 0 bridgehead atoms. The molecule has 0 radical (unpaired) electrons. The number of carbonyl (C=O) groups is 4. The average Bonchev–Trinajstić information content (AvgIpc) is 3.55. The summed E-state index contributed by atoms with van der Waals surface area (Å²) in [6.45, 7) is 9.44. The molecular formula is C69H134O17P2. The van der Waals surface area contributed by atoms with Crippen molar-refractivity contribution in [2.75, 3.05) is 39.6 Å². The lowest BCUT2D eigenvalue weighted by molar-refractivity contribution is -0.161. The molecule has 0 aliphatic carbocycles. The maximum absolute atomic E-state index is 13.0. The molecule has 522 valence electrons. The van der Waals surface area contributed by atoms with Crippen LogP contribution in [0.25, 0.3) is 0 Å². The minimum absolute atomic E-state index is 0.103. The second-order valence-corrected chi connectivity index (χ2v) is 28.5. The number of ether oxygens (including phenoxy) is 4. The van der Waals surface area contributed by atoms with E-state index in [4.69, 9.17) is 37.0 Å². The molecule has 0 amide bonds. The van der Waals surface area contributed by atoms with Gasteiger partial charge in [-0.05, 0) is 37.5 Å².